The number of benzene rings is 1. The molecule has 0 aromatic heterocycles. The Balaban J connectivity index is 2.69. The van der Waals surface area contributed by atoms with Gasteiger partial charge >= 0.3 is 11.9 Å². The molecule has 0 saturated heterocycles. The number of fused-ring (bicyclic) bond motifs is 1. The van der Waals surface area contributed by atoms with Gasteiger partial charge in [0.15, 0.2) is 0 Å². The molecule has 0 unspecified atom stereocenters. The quantitative estimate of drug-likeness (QED) is 0.458. The minimum atomic E-state index is -1.39. The second kappa shape index (κ2) is 7.57. The van der Waals surface area contributed by atoms with Crippen molar-refractivity contribution in [2.75, 3.05) is 11.4 Å². The van der Waals surface area contributed by atoms with E-state index in [0.29, 0.717) is 18.4 Å². The van der Waals surface area contributed by atoms with Gasteiger partial charge in [0.1, 0.15) is 5.57 Å². The molecule has 0 radical (unpaired) electrons. The molecular formula is C18H21NO4S. The summed E-state index contributed by atoms with van der Waals surface area (Å²) in [6.45, 7) is 6.48. The molecule has 0 spiro atoms. The number of rotatable bonds is 6. The van der Waals surface area contributed by atoms with Crippen molar-refractivity contribution in [1.29, 1.82) is 0 Å². The van der Waals surface area contributed by atoms with Crippen LogP contribution in [0.2, 0.25) is 0 Å². The van der Waals surface area contributed by atoms with Gasteiger partial charge in [0.25, 0.3) is 0 Å². The van der Waals surface area contributed by atoms with Crippen molar-refractivity contribution in [3.8, 4) is 0 Å². The standard InChI is InChI=1S/C18H21NO4S/c1-4-11(15(17(20)21)18(22)23)12(5-2)16-19(6-3)13-9-7-8-10-14(13)24-16/h7-10H,4-6H2,1-3H3,(H,20,21)(H,22,23). The summed E-state index contributed by atoms with van der Waals surface area (Å²) in [5, 5.41) is 19.6. The van der Waals surface area contributed by atoms with Gasteiger partial charge in [-0.3, -0.25) is 0 Å². The summed E-state index contributed by atoms with van der Waals surface area (Å²) < 4.78 is 0. The van der Waals surface area contributed by atoms with Crippen molar-refractivity contribution >= 4 is 29.4 Å². The zero-order valence-corrected chi connectivity index (χ0v) is 14.8. The van der Waals surface area contributed by atoms with Crippen LogP contribution in [0.4, 0.5) is 5.69 Å². The molecule has 0 saturated carbocycles. The molecule has 1 aromatic rings. The van der Waals surface area contributed by atoms with Crippen LogP contribution >= 0.6 is 11.8 Å². The number of hydrogen-bond donors (Lipinski definition) is 2. The summed E-state index contributed by atoms with van der Waals surface area (Å²) in [4.78, 5) is 26.1. The van der Waals surface area contributed by atoms with Gasteiger partial charge in [-0.05, 0) is 43.0 Å². The highest BCUT2D eigenvalue weighted by molar-refractivity contribution is 8.03. The second-order valence-electron chi connectivity index (χ2n) is 5.27. The Morgan fingerprint density at radius 3 is 2.17 bits per heavy atom. The fraction of sp³-hybridized carbons (Fsp3) is 0.333. The van der Waals surface area contributed by atoms with Gasteiger partial charge in [-0.15, -0.1) is 0 Å². The Bertz CT molecular complexity index is 720. The van der Waals surface area contributed by atoms with Gasteiger partial charge in [-0.1, -0.05) is 37.7 Å². The van der Waals surface area contributed by atoms with Gasteiger partial charge in [-0.25, -0.2) is 9.59 Å². The molecule has 0 bridgehead atoms. The number of aliphatic carboxylic acids is 2. The number of carbonyl (C=O) groups is 2. The van der Waals surface area contributed by atoms with Crippen LogP contribution in [0, 0.1) is 0 Å². The highest BCUT2D eigenvalue weighted by Crippen LogP contribution is 2.48. The molecule has 5 nitrogen and oxygen atoms in total. The van der Waals surface area contributed by atoms with Gasteiger partial charge < -0.3 is 15.1 Å². The Morgan fingerprint density at radius 2 is 1.67 bits per heavy atom. The van der Waals surface area contributed by atoms with Crippen molar-refractivity contribution in [3.05, 3.63) is 46.0 Å². The zero-order chi connectivity index (χ0) is 17.9. The molecule has 6 heteroatoms. The summed E-state index contributed by atoms with van der Waals surface area (Å²) in [6, 6.07) is 7.97. The number of nitrogens with zero attached hydrogens (tertiary/aromatic N) is 1. The summed E-state index contributed by atoms with van der Waals surface area (Å²) in [5.74, 6) is -2.79. The molecular weight excluding hydrogens is 326 g/mol. The maximum absolute atomic E-state index is 11.5. The van der Waals surface area contributed by atoms with Crippen LogP contribution in [0.1, 0.15) is 33.6 Å². The Morgan fingerprint density at radius 1 is 1.04 bits per heavy atom. The van der Waals surface area contributed by atoms with Crippen LogP contribution in [-0.2, 0) is 9.59 Å². The van der Waals surface area contributed by atoms with E-state index in [1.165, 1.54) is 0 Å². The smallest absolute Gasteiger partial charge is 0.343 e. The highest BCUT2D eigenvalue weighted by Gasteiger charge is 2.30. The van der Waals surface area contributed by atoms with Crippen LogP contribution in [0.5, 0.6) is 0 Å². The van der Waals surface area contributed by atoms with Gasteiger partial charge in [0, 0.05) is 11.4 Å². The maximum atomic E-state index is 11.5. The number of carboxylic acid groups (broad SMARTS) is 2. The first-order valence-corrected chi connectivity index (χ1v) is 8.75. The predicted molar refractivity (Wildman–Crippen MR) is 95.2 cm³/mol. The number of thioether (sulfide) groups is 1. The molecule has 0 aliphatic carbocycles. The van der Waals surface area contributed by atoms with E-state index in [9.17, 15) is 19.8 Å². The minimum absolute atomic E-state index is 0.356. The summed E-state index contributed by atoms with van der Waals surface area (Å²) in [5.41, 5.74) is 1.73. The third-order valence-corrected chi connectivity index (χ3v) is 5.21. The fourth-order valence-electron chi connectivity index (χ4n) is 2.96. The lowest BCUT2D eigenvalue weighted by molar-refractivity contribution is -0.140. The lowest BCUT2D eigenvalue weighted by Gasteiger charge is -2.23. The van der Waals surface area contributed by atoms with E-state index < -0.39 is 17.5 Å². The first kappa shape index (κ1) is 18.1. The predicted octanol–water partition coefficient (Wildman–Crippen LogP) is 4.12. The number of carboxylic acids is 2. The van der Waals surface area contributed by atoms with Crippen molar-refractivity contribution in [2.45, 2.75) is 38.5 Å². The number of para-hydroxylation sites is 1. The normalized spacial score (nSPS) is 15.0. The van der Waals surface area contributed by atoms with Crippen LogP contribution in [0.3, 0.4) is 0 Å². The summed E-state index contributed by atoms with van der Waals surface area (Å²) in [6.07, 6.45) is 0.926. The van der Waals surface area contributed by atoms with E-state index in [1.54, 1.807) is 18.7 Å². The second-order valence-corrected chi connectivity index (χ2v) is 6.30. The maximum Gasteiger partial charge on any atom is 0.343 e. The molecule has 1 aliphatic heterocycles. The van der Waals surface area contributed by atoms with Gasteiger partial charge in [0.05, 0.1) is 10.7 Å². The Hall–Kier alpha value is -2.21. The first-order valence-electron chi connectivity index (χ1n) is 7.93. The molecule has 24 heavy (non-hydrogen) atoms. The topological polar surface area (TPSA) is 77.8 Å². The van der Waals surface area contributed by atoms with E-state index in [-0.39, 0.29) is 0 Å². The summed E-state index contributed by atoms with van der Waals surface area (Å²) in [7, 11) is 0. The first-order chi connectivity index (χ1) is 11.5. The van der Waals surface area contributed by atoms with E-state index in [1.807, 2.05) is 38.1 Å². The van der Waals surface area contributed by atoms with Crippen molar-refractivity contribution in [3.63, 3.8) is 0 Å². The van der Waals surface area contributed by atoms with Crippen molar-refractivity contribution < 1.29 is 19.8 Å². The van der Waals surface area contributed by atoms with E-state index in [0.717, 1.165) is 27.7 Å². The number of allylic oxidation sites excluding steroid dienone is 2. The van der Waals surface area contributed by atoms with E-state index in [4.69, 9.17) is 0 Å². The summed E-state index contributed by atoms with van der Waals surface area (Å²) >= 11 is 1.57. The lowest BCUT2D eigenvalue weighted by Crippen LogP contribution is -2.20. The minimum Gasteiger partial charge on any atom is -0.477 e. The molecule has 1 heterocycles. The average Bonchev–Trinajstić information content (AvgIpc) is 2.91. The Kier molecular flexibility index (Phi) is 5.72. The van der Waals surface area contributed by atoms with Gasteiger partial charge in [0.2, 0.25) is 0 Å². The molecule has 128 valence electrons. The van der Waals surface area contributed by atoms with E-state index in [2.05, 4.69) is 4.90 Å². The molecule has 1 aliphatic rings. The van der Waals surface area contributed by atoms with Crippen molar-refractivity contribution in [2.24, 2.45) is 0 Å². The Labute approximate surface area is 145 Å². The van der Waals surface area contributed by atoms with Crippen LogP contribution in [-0.4, -0.2) is 28.7 Å². The number of anilines is 1. The fourth-order valence-corrected chi connectivity index (χ4v) is 4.32. The SMILES string of the molecule is CCC(C(CC)=C1Sc2ccccc2N1CC)=C(C(=O)O)C(=O)O. The van der Waals surface area contributed by atoms with Gasteiger partial charge in [-0.2, -0.15) is 0 Å². The largest absolute Gasteiger partial charge is 0.477 e. The number of hydrogen-bond acceptors (Lipinski definition) is 4. The van der Waals surface area contributed by atoms with E-state index >= 15 is 0 Å². The third-order valence-electron chi connectivity index (χ3n) is 3.98. The molecule has 0 atom stereocenters. The van der Waals surface area contributed by atoms with Crippen molar-refractivity contribution in [1.82, 2.24) is 0 Å². The molecule has 2 rings (SSSR count). The molecule has 1 aromatic carbocycles. The highest BCUT2D eigenvalue weighted by atomic mass is 32.2. The molecule has 0 amide bonds. The van der Waals surface area contributed by atoms with Crippen LogP contribution in [0.25, 0.3) is 0 Å². The lowest BCUT2D eigenvalue weighted by atomic mass is 9.95. The zero-order valence-electron chi connectivity index (χ0n) is 14.0. The average molecular weight is 347 g/mol. The monoisotopic (exact) mass is 347 g/mol. The third kappa shape index (κ3) is 3.19. The molecule has 0 fully saturated rings. The van der Waals surface area contributed by atoms with Crippen LogP contribution < -0.4 is 4.90 Å². The van der Waals surface area contributed by atoms with Crippen LogP contribution in [0.15, 0.2) is 50.9 Å². The molecule has 2 N–H and O–H groups in total.